The monoisotopic (exact) mass is 218 g/mol. The summed E-state index contributed by atoms with van der Waals surface area (Å²) in [5.74, 6) is 0.318. The Hall–Kier alpha value is -1.99. The van der Waals surface area contributed by atoms with Crippen LogP contribution in [0.25, 0.3) is 5.57 Å². The topological polar surface area (TPSA) is 35.5 Å². The molecular formula is C13H14O3. The molecule has 1 aromatic rings. The molecule has 0 aromatic heterocycles. The van der Waals surface area contributed by atoms with E-state index >= 15 is 0 Å². The Labute approximate surface area is 95.0 Å². The second-order valence-corrected chi connectivity index (χ2v) is 3.00. The summed E-state index contributed by atoms with van der Waals surface area (Å²) in [6.07, 6.45) is 0. The number of rotatable bonds is 4. The lowest BCUT2D eigenvalue weighted by atomic mass is 10.1. The number of hydrogen-bond donors (Lipinski definition) is 0. The van der Waals surface area contributed by atoms with Crippen molar-refractivity contribution in [2.24, 2.45) is 0 Å². The minimum atomic E-state index is -0.414. The molecule has 0 fully saturated rings. The molecular weight excluding hydrogens is 204 g/mol. The van der Waals surface area contributed by atoms with Crippen LogP contribution >= 0.6 is 0 Å². The van der Waals surface area contributed by atoms with Gasteiger partial charge in [-0.1, -0.05) is 6.58 Å². The summed E-state index contributed by atoms with van der Waals surface area (Å²) >= 11 is 0. The molecule has 0 N–H and O–H groups in total. The van der Waals surface area contributed by atoms with Gasteiger partial charge in [0.05, 0.1) is 13.7 Å². The maximum absolute atomic E-state index is 11.5. The van der Waals surface area contributed by atoms with Crippen molar-refractivity contribution in [2.45, 2.75) is 6.92 Å². The zero-order valence-corrected chi connectivity index (χ0v) is 9.45. The quantitative estimate of drug-likeness (QED) is 0.442. The number of carbonyl (C=O) groups is 1. The van der Waals surface area contributed by atoms with Gasteiger partial charge in [-0.2, -0.15) is 0 Å². The third-order valence-electron chi connectivity index (χ3n) is 2.04. The number of esters is 1. The average Bonchev–Trinajstić information content (AvgIpc) is 2.31. The molecule has 0 heterocycles. The van der Waals surface area contributed by atoms with Gasteiger partial charge in [-0.25, -0.2) is 4.79 Å². The summed E-state index contributed by atoms with van der Waals surface area (Å²) < 4.78 is 9.93. The van der Waals surface area contributed by atoms with Crippen LogP contribution in [0.2, 0.25) is 0 Å². The molecule has 84 valence electrons. The molecule has 0 saturated heterocycles. The van der Waals surface area contributed by atoms with Gasteiger partial charge in [0.2, 0.25) is 0 Å². The van der Waals surface area contributed by atoms with Crippen LogP contribution in [0, 0.1) is 0 Å². The van der Waals surface area contributed by atoms with E-state index in [9.17, 15) is 4.79 Å². The standard InChI is InChI=1S/C13H14O3/c1-4-12(13(14)16-5-2)10-6-8-11(15-3)9-7-10/h6-9H,1,5H2,2-3H3. The third kappa shape index (κ3) is 2.75. The highest BCUT2D eigenvalue weighted by molar-refractivity contribution is 6.16. The first kappa shape index (κ1) is 12.1. The van der Waals surface area contributed by atoms with E-state index in [4.69, 9.17) is 9.47 Å². The summed E-state index contributed by atoms with van der Waals surface area (Å²) in [5, 5.41) is 0. The molecule has 0 aliphatic rings. The molecule has 0 spiro atoms. The van der Waals surface area contributed by atoms with Gasteiger partial charge in [-0.3, -0.25) is 0 Å². The van der Waals surface area contributed by atoms with Gasteiger partial charge in [0, 0.05) is 0 Å². The Bertz CT molecular complexity index is 411. The predicted molar refractivity (Wildman–Crippen MR) is 62.2 cm³/mol. The molecule has 0 amide bonds. The highest BCUT2D eigenvalue weighted by Crippen LogP contribution is 2.18. The highest BCUT2D eigenvalue weighted by Gasteiger charge is 2.11. The largest absolute Gasteiger partial charge is 0.497 e. The summed E-state index contributed by atoms with van der Waals surface area (Å²) in [5.41, 5.74) is 3.65. The molecule has 1 rings (SSSR count). The summed E-state index contributed by atoms with van der Waals surface area (Å²) in [6, 6.07) is 7.07. The van der Waals surface area contributed by atoms with Crippen molar-refractivity contribution in [3.8, 4) is 5.75 Å². The number of benzene rings is 1. The van der Waals surface area contributed by atoms with Crippen molar-refractivity contribution in [3.63, 3.8) is 0 Å². The van der Waals surface area contributed by atoms with Crippen LogP contribution in [0.1, 0.15) is 12.5 Å². The smallest absolute Gasteiger partial charge is 0.346 e. The zero-order chi connectivity index (χ0) is 12.0. The second kappa shape index (κ2) is 5.79. The van der Waals surface area contributed by atoms with Crippen molar-refractivity contribution in [3.05, 3.63) is 42.1 Å². The average molecular weight is 218 g/mol. The molecule has 1 aromatic carbocycles. The van der Waals surface area contributed by atoms with Crippen LogP contribution < -0.4 is 4.74 Å². The van der Waals surface area contributed by atoms with Gasteiger partial charge in [-0.05, 0) is 36.8 Å². The van der Waals surface area contributed by atoms with Gasteiger partial charge in [0.15, 0.2) is 0 Å². The molecule has 0 unspecified atom stereocenters. The van der Waals surface area contributed by atoms with E-state index in [1.54, 1.807) is 38.3 Å². The lowest BCUT2D eigenvalue weighted by Crippen LogP contribution is -2.06. The first-order valence-corrected chi connectivity index (χ1v) is 4.94. The number of ether oxygens (including phenoxy) is 2. The lowest BCUT2D eigenvalue weighted by Gasteiger charge is -2.05. The van der Waals surface area contributed by atoms with Crippen LogP contribution in [-0.2, 0) is 9.53 Å². The van der Waals surface area contributed by atoms with Crippen LogP contribution in [0.15, 0.2) is 36.6 Å². The lowest BCUT2D eigenvalue weighted by molar-refractivity contribution is -0.136. The van der Waals surface area contributed by atoms with Gasteiger partial charge >= 0.3 is 5.97 Å². The van der Waals surface area contributed by atoms with E-state index in [-0.39, 0.29) is 0 Å². The SMILES string of the molecule is C=C=C(C(=O)OCC)c1ccc(OC)cc1. The molecule has 3 nitrogen and oxygen atoms in total. The van der Waals surface area contributed by atoms with E-state index in [0.717, 1.165) is 5.75 Å². The van der Waals surface area contributed by atoms with Gasteiger partial charge in [0.1, 0.15) is 11.3 Å². The fraction of sp³-hybridized carbons (Fsp3) is 0.231. The Morgan fingerprint density at radius 1 is 1.38 bits per heavy atom. The van der Waals surface area contributed by atoms with Gasteiger partial charge in [-0.15, -0.1) is 5.73 Å². The Kier molecular flexibility index (Phi) is 4.37. The molecule has 0 bridgehead atoms. The van der Waals surface area contributed by atoms with Crippen LogP contribution in [0.5, 0.6) is 5.75 Å². The van der Waals surface area contributed by atoms with Crippen molar-refractivity contribution in [1.29, 1.82) is 0 Å². The van der Waals surface area contributed by atoms with Crippen molar-refractivity contribution >= 4 is 11.5 Å². The Morgan fingerprint density at radius 2 is 2.00 bits per heavy atom. The number of carbonyl (C=O) groups excluding carboxylic acids is 1. The zero-order valence-electron chi connectivity index (χ0n) is 9.45. The molecule has 0 saturated carbocycles. The summed E-state index contributed by atoms with van der Waals surface area (Å²) in [4.78, 5) is 11.5. The van der Waals surface area contributed by atoms with E-state index in [1.165, 1.54) is 0 Å². The van der Waals surface area contributed by atoms with Crippen molar-refractivity contribution in [1.82, 2.24) is 0 Å². The number of hydrogen-bond acceptors (Lipinski definition) is 3. The van der Waals surface area contributed by atoms with Gasteiger partial charge < -0.3 is 9.47 Å². The maximum Gasteiger partial charge on any atom is 0.346 e. The molecule has 16 heavy (non-hydrogen) atoms. The van der Waals surface area contributed by atoms with E-state index in [2.05, 4.69) is 12.3 Å². The Balaban J connectivity index is 2.97. The van der Waals surface area contributed by atoms with Gasteiger partial charge in [0.25, 0.3) is 0 Å². The summed E-state index contributed by atoms with van der Waals surface area (Å²) in [6.45, 7) is 5.58. The highest BCUT2D eigenvalue weighted by atomic mass is 16.5. The fourth-order valence-electron chi connectivity index (χ4n) is 1.25. The minimum absolute atomic E-state index is 0.334. The second-order valence-electron chi connectivity index (χ2n) is 3.00. The van der Waals surface area contributed by atoms with Crippen LogP contribution in [0.4, 0.5) is 0 Å². The van der Waals surface area contributed by atoms with E-state index in [0.29, 0.717) is 17.7 Å². The van der Waals surface area contributed by atoms with E-state index < -0.39 is 5.97 Å². The Morgan fingerprint density at radius 3 is 2.44 bits per heavy atom. The van der Waals surface area contributed by atoms with E-state index in [1.807, 2.05) is 0 Å². The number of methoxy groups -OCH3 is 1. The fourth-order valence-corrected chi connectivity index (χ4v) is 1.25. The maximum atomic E-state index is 11.5. The molecule has 0 aliphatic carbocycles. The minimum Gasteiger partial charge on any atom is -0.497 e. The molecule has 3 heteroatoms. The predicted octanol–water partition coefficient (Wildman–Crippen LogP) is 2.43. The normalized spacial score (nSPS) is 9.12. The first-order valence-electron chi connectivity index (χ1n) is 4.94. The van der Waals surface area contributed by atoms with Crippen LogP contribution in [-0.4, -0.2) is 19.7 Å². The molecule has 0 radical (unpaired) electrons. The molecule has 0 atom stereocenters. The van der Waals surface area contributed by atoms with Crippen molar-refractivity contribution in [2.75, 3.05) is 13.7 Å². The molecule has 0 aliphatic heterocycles. The van der Waals surface area contributed by atoms with Crippen LogP contribution in [0.3, 0.4) is 0 Å². The summed E-state index contributed by atoms with van der Waals surface area (Å²) in [7, 11) is 1.59. The third-order valence-corrected chi connectivity index (χ3v) is 2.04. The van der Waals surface area contributed by atoms with Crippen molar-refractivity contribution < 1.29 is 14.3 Å². The first-order chi connectivity index (χ1) is 7.72.